The first kappa shape index (κ1) is 40.2. The fourth-order valence-electron chi connectivity index (χ4n) is 4.88. The number of ether oxygens (including phenoxy) is 2. The molecule has 0 aromatic heterocycles. The summed E-state index contributed by atoms with van der Waals surface area (Å²) in [4.78, 5) is 28.1. The summed E-state index contributed by atoms with van der Waals surface area (Å²) in [5, 5.41) is 2.58. The average molecular weight is 606 g/mol. The van der Waals surface area contributed by atoms with Crippen LogP contribution in [0.5, 0.6) is 0 Å². The molecule has 0 rings (SSSR count). The molecule has 0 saturated heterocycles. The minimum Gasteiger partial charge on any atom is -0.461 e. The van der Waals surface area contributed by atoms with Crippen molar-refractivity contribution in [1.82, 2.24) is 0 Å². The van der Waals surface area contributed by atoms with Gasteiger partial charge < -0.3 is 9.47 Å². The topological polar surface area (TPSA) is 65.0 Å². The maximum atomic E-state index is 11.9. The molecule has 0 aromatic carbocycles. The molecule has 0 radical (unpaired) electrons. The number of carbonyl (C=O) groups is 2. The summed E-state index contributed by atoms with van der Waals surface area (Å²) in [5.41, 5.74) is 0. The van der Waals surface area contributed by atoms with Crippen LogP contribution in [0, 0.1) is 0 Å². The number of aliphatic imine (C=N–C) groups is 1. The highest BCUT2D eigenvalue weighted by molar-refractivity contribution is 7.78. The van der Waals surface area contributed by atoms with Gasteiger partial charge in [0.1, 0.15) is 13.2 Å². The minimum atomic E-state index is -0.0859. The zero-order chi connectivity index (χ0) is 30.8. The first-order chi connectivity index (χ1) is 20.6. The van der Waals surface area contributed by atoms with Gasteiger partial charge in [0.2, 0.25) is 0 Å². The van der Waals surface area contributed by atoms with Crippen molar-refractivity contribution in [2.45, 2.75) is 174 Å². The molecule has 6 heteroatoms. The lowest BCUT2D eigenvalue weighted by Gasteiger charge is -2.11. The molecule has 0 saturated carbocycles. The molecule has 0 unspecified atom stereocenters. The van der Waals surface area contributed by atoms with E-state index in [0.29, 0.717) is 26.1 Å². The second-order valence-electron chi connectivity index (χ2n) is 11.5. The van der Waals surface area contributed by atoms with Crippen molar-refractivity contribution in [2.24, 2.45) is 4.99 Å². The number of hydrogen-bond acceptors (Lipinski definition) is 6. The molecule has 0 aliphatic carbocycles. The molecule has 5 nitrogen and oxygen atoms in total. The van der Waals surface area contributed by atoms with E-state index in [-0.39, 0.29) is 18.0 Å². The molecular weight excluding hydrogens is 542 g/mol. The Bertz CT molecular complexity index is 678. The van der Waals surface area contributed by atoms with Crippen LogP contribution in [0.3, 0.4) is 0 Å². The van der Waals surface area contributed by atoms with Crippen LogP contribution in [-0.4, -0.2) is 36.4 Å². The minimum absolute atomic E-state index is 0.0859. The fraction of sp³-hybridized carbons (Fsp3) is 0.806. The summed E-state index contributed by atoms with van der Waals surface area (Å²) in [6, 6.07) is 0.270. The smallest absolute Gasteiger partial charge is 0.306 e. The van der Waals surface area contributed by atoms with Crippen LogP contribution in [0.15, 0.2) is 29.3 Å². The molecule has 0 spiro atoms. The van der Waals surface area contributed by atoms with Gasteiger partial charge in [-0.3, -0.25) is 9.59 Å². The molecule has 0 aliphatic heterocycles. The Morgan fingerprint density at radius 2 is 1.00 bits per heavy atom. The largest absolute Gasteiger partial charge is 0.461 e. The van der Waals surface area contributed by atoms with Gasteiger partial charge in [-0.1, -0.05) is 128 Å². The standard InChI is InChI=1S/C36H63NO4S/c1-3-5-7-9-11-19-25-31-40-35(38)29-23-17-13-15-21-27-34(37-33-42)28-22-16-14-18-24-30-36(39)41-32-26-20-12-10-8-6-4-2/h19-20,25-26,34H,3-18,21-24,27-32H2,1-2H3/b25-19-,26-20-. The molecule has 0 aliphatic rings. The van der Waals surface area contributed by atoms with Crippen molar-refractivity contribution >= 4 is 29.3 Å². The number of esters is 2. The maximum Gasteiger partial charge on any atom is 0.306 e. The lowest BCUT2D eigenvalue weighted by molar-refractivity contribution is -0.143. The highest BCUT2D eigenvalue weighted by atomic mass is 32.1. The Balaban J connectivity index is 3.64. The SMILES string of the molecule is CCCCCC/C=C\COC(=O)CCCCCCCC(CCCCCCCC(=O)OC/C=C\CCCCCC)N=C=S. The van der Waals surface area contributed by atoms with E-state index in [4.69, 9.17) is 21.7 Å². The van der Waals surface area contributed by atoms with Crippen LogP contribution in [0.25, 0.3) is 0 Å². The molecule has 0 fully saturated rings. The number of allylic oxidation sites excluding steroid dienone is 2. The van der Waals surface area contributed by atoms with Gasteiger partial charge >= 0.3 is 11.9 Å². The monoisotopic (exact) mass is 605 g/mol. The Labute approximate surface area is 264 Å². The van der Waals surface area contributed by atoms with Gasteiger partial charge in [0.05, 0.1) is 11.2 Å². The second-order valence-corrected chi connectivity index (χ2v) is 11.7. The number of carbonyl (C=O) groups excluding carboxylic acids is 2. The summed E-state index contributed by atoms with van der Waals surface area (Å²) in [6.45, 7) is 5.24. The predicted molar refractivity (Wildman–Crippen MR) is 181 cm³/mol. The summed E-state index contributed by atoms with van der Waals surface area (Å²) >= 11 is 4.87. The van der Waals surface area contributed by atoms with Crippen molar-refractivity contribution in [3.8, 4) is 0 Å². The van der Waals surface area contributed by atoms with E-state index in [1.54, 1.807) is 0 Å². The number of unbranched alkanes of at least 4 members (excludes halogenated alkanes) is 16. The van der Waals surface area contributed by atoms with Gasteiger partial charge in [-0.15, -0.1) is 0 Å². The average Bonchev–Trinajstić information content (AvgIpc) is 2.98. The fourth-order valence-corrected chi connectivity index (χ4v) is 5.03. The van der Waals surface area contributed by atoms with E-state index in [2.05, 4.69) is 36.2 Å². The van der Waals surface area contributed by atoms with Crippen LogP contribution >= 0.6 is 12.2 Å². The van der Waals surface area contributed by atoms with Crippen LogP contribution in [0.2, 0.25) is 0 Å². The Morgan fingerprint density at radius 3 is 1.43 bits per heavy atom. The van der Waals surface area contributed by atoms with E-state index < -0.39 is 0 Å². The quantitative estimate of drug-likeness (QED) is 0.0258. The molecule has 0 N–H and O–H groups in total. The van der Waals surface area contributed by atoms with Gasteiger partial charge in [-0.25, -0.2) is 4.99 Å². The highest BCUT2D eigenvalue weighted by Crippen LogP contribution is 2.17. The zero-order valence-electron chi connectivity index (χ0n) is 27.3. The number of nitrogens with zero attached hydrogens (tertiary/aromatic N) is 1. The van der Waals surface area contributed by atoms with E-state index in [1.807, 2.05) is 12.2 Å². The third kappa shape index (κ3) is 31.2. The van der Waals surface area contributed by atoms with Crippen LogP contribution in [0.1, 0.15) is 168 Å². The number of hydrogen-bond donors (Lipinski definition) is 0. The first-order valence-corrected chi connectivity index (χ1v) is 17.7. The molecule has 0 atom stereocenters. The lowest BCUT2D eigenvalue weighted by Crippen LogP contribution is -2.05. The van der Waals surface area contributed by atoms with Crippen LogP contribution in [0.4, 0.5) is 0 Å². The van der Waals surface area contributed by atoms with Crippen molar-refractivity contribution in [3.63, 3.8) is 0 Å². The molecule has 0 heterocycles. The molecule has 0 bridgehead atoms. The van der Waals surface area contributed by atoms with Gasteiger partial charge in [0.25, 0.3) is 0 Å². The summed E-state index contributed by atoms with van der Waals surface area (Å²) in [6.07, 6.45) is 34.3. The number of thiocarbonyl (C=S) groups is 1. The molecule has 0 amide bonds. The normalized spacial score (nSPS) is 11.4. The van der Waals surface area contributed by atoms with E-state index in [9.17, 15) is 9.59 Å². The van der Waals surface area contributed by atoms with Crippen molar-refractivity contribution in [3.05, 3.63) is 24.3 Å². The summed E-state index contributed by atoms with van der Waals surface area (Å²) in [7, 11) is 0. The third-order valence-corrected chi connectivity index (χ3v) is 7.64. The Morgan fingerprint density at radius 1 is 0.595 bits per heavy atom. The number of rotatable bonds is 31. The summed E-state index contributed by atoms with van der Waals surface area (Å²) < 4.78 is 10.6. The van der Waals surface area contributed by atoms with E-state index >= 15 is 0 Å². The van der Waals surface area contributed by atoms with Gasteiger partial charge in [-0.05, 0) is 63.6 Å². The third-order valence-electron chi connectivity index (χ3n) is 7.53. The molecule has 242 valence electrons. The molecular formula is C36H63NO4S. The van der Waals surface area contributed by atoms with Crippen molar-refractivity contribution in [2.75, 3.05) is 13.2 Å². The van der Waals surface area contributed by atoms with Gasteiger partial charge in [0, 0.05) is 12.8 Å². The zero-order valence-corrected chi connectivity index (χ0v) is 28.1. The predicted octanol–water partition coefficient (Wildman–Crippen LogP) is 11.1. The van der Waals surface area contributed by atoms with Crippen LogP contribution in [-0.2, 0) is 19.1 Å². The van der Waals surface area contributed by atoms with Crippen LogP contribution < -0.4 is 0 Å². The second kappa shape index (κ2) is 33.7. The van der Waals surface area contributed by atoms with Gasteiger partial charge in [-0.2, -0.15) is 0 Å². The molecule has 42 heavy (non-hydrogen) atoms. The summed E-state index contributed by atoms with van der Waals surface area (Å²) in [5.74, 6) is -0.172. The molecule has 0 aromatic rings. The van der Waals surface area contributed by atoms with Crippen molar-refractivity contribution in [1.29, 1.82) is 0 Å². The Hall–Kier alpha value is -1.78. The van der Waals surface area contributed by atoms with Gasteiger partial charge in [0.15, 0.2) is 0 Å². The van der Waals surface area contributed by atoms with E-state index in [0.717, 1.165) is 89.9 Å². The highest BCUT2D eigenvalue weighted by Gasteiger charge is 2.07. The lowest BCUT2D eigenvalue weighted by atomic mass is 10.0. The van der Waals surface area contributed by atoms with Crippen molar-refractivity contribution < 1.29 is 19.1 Å². The van der Waals surface area contributed by atoms with E-state index in [1.165, 1.54) is 51.4 Å². The number of isothiocyanates is 1. The Kier molecular flexibility index (Phi) is 32.3. The maximum absolute atomic E-state index is 11.9. The first-order valence-electron chi connectivity index (χ1n) is 17.3.